The Morgan fingerprint density at radius 3 is 2.79 bits per heavy atom. The molecule has 2 atom stereocenters. The van der Waals surface area contributed by atoms with Crippen molar-refractivity contribution in [2.24, 2.45) is 5.92 Å². The van der Waals surface area contributed by atoms with Crippen LogP contribution in [0, 0.1) is 5.92 Å². The van der Waals surface area contributed by atoms with Crippen LogP contribution < -0.4 is 11.1 Å². The molecule has 2 rings (SSSR count). The first-order chi connectivity index (χ1) is 9.13. The molecule has 1 aliphatic carbocycles. The highest BCUT2D eigenvalue weighted by Gasteiger charge is 2.26. The zero-order valence-electron chi connectivity index (χ0n) is 11.8. The first kappa shape index (κ1) is 14.1. The maximum atomic E-state index is 9.48. The van der Waals surface area contributed by atoms with Gasteiger partial charge in [-0.1, -0.05) is 26.7 Å². The van der Waals surface area contributed by atoms with Gasteiger partial charge in [-0.15, -0.1) is 0 Å². The number of aliphatic hydroxyl groups excluding tert-OH is 1. The van der Waals surface area contributed by atoms with Gasteiger partial charge in [0.15, 0.2) is 0 Å². The molecule has 4 N–H and O–H groups in total. The fourth-order valence-electron chi connectivity index (χ4n) is 2.89. The third-order valence-corrected chi connectivity index (χ3v) is 3.96. The van der Waals surface area contributed by atoms with Gasteiger partial charge in [0.2, 0.25) is 0 Å². The predicted molar refractivity (Wildman–Crippen MR) is 77.0 cm³/mol. The monoisotopic (exact) mass is 264 g/mol. The molecular weight excluding hydrogens is 240 g/mol. The van der Waals surface area contributed by atoms with Gasteiger partial charge in [0.25, 0.3) is 0 Å². The quantitative estimate of drug-likeness (QED) is 0.776. The number of nitrogens with zero attached hydrogens (tertiary/aromatic N) is 2. The van der Waals surface area contributed by atoms with Crippen molar-refractivity contribution in [2.75, 3.05) is 17.7 Å². The van der Waals surface area contributed by atoms with Gasteiger partial charge in [0.1, 0.15) is 18.0 Å². The number of aliphatic hydroxyl groups is 1. The molecule has 0 radical (unpaired) electrons. The maximum absolute atomic E-state index is 9.48. The molecule has 5 heteroatoms. The molecule has 1 aliphatic rings. The van der Waals surface area contributed by atoms with Crippen LogP contribution in [0.3, 0.4) is 0 Å². The summed E-state index contributed by atoms with van der Waals surface area (Å²) in [7, 11) is 0. The van der Waals surface area contributed by atoms with Crippen LogP contribution in [0.1, 0.15) is 51.0 Å². The first-order valence-electron chi connectivity index (χ1n) is 7.11. The summed E-state index contributed by atoms with van der Waals surface area (Å²) in [6, 6.07) is 0.283. The molecule has 0 aliphatic heterocycles. The molecule has 2 unspecified atom stereocenters. The summed E-state index contributed by atoms with van der Waals surface area (Å²) in [6.45, 7) is 4.41. The van der Waals surface area contributed by atoms with Crippen molar-refractivity contribution in [3.63, 3.8) is 0 Å². The fraction of sp³-hybridized carbons (Fsp3) is 0.714. The molecule has 1 aromatic rings. The lowest BCUT2D eigenvalue weighted by Crippen LogP contribution is -2.35. The summed E-state index contributed by atoms with van der Waals surface area (Å²) in [5, 5.41) is 13.0. The highest BCUT2D eigenvalue weighted by atomic mass is 16.3. The lowest BCUT2D eigenvalue weighted by molar-refractivity contribution is 0.178. The van der Waals surface area contributed by atoms with Gasteiger partial charge in [-0.2, -0.15) is 0 Å². The zero-order valence-corrected chi connectivity index (χ0v) is 11.8. The van der Waals surface area contributed by atoms with Crippen LogP contribution in [-0.4, -0.2) is 27.7 Å². The highest BCUT2D eigenvalue weighted by molar-refractivity contribution is 5.57. The normalized spacial score (nSPS) is 23.6. The van der Waals surface area contributed by atoms with Crippen molar-refractivity contribution in [3.05, 3.63) is 11.9 Å². The number of nitrogen functional groups attached to an aromatic ring is 1. The molecule has 106 valence electrons. The SMILES string of the molecule is CC(C)c1c(N)ncnc1NC1CCCCC1CO. The van der Waals surface area contributed by atoms with Crippen molar-refractivity contribution in [1.82, 2.24) is 9.97 Å². The van der Waals surface area contributed by atoms with E-state index in [2.05, 4.69) is 29.1 Å². The second kappa shape index (κ2) is 6.19. The summed E-state index contributed by atoms with van der Waals surface area (Å²) in [5.41, 5.74) is 6.93. The molecule has 0 bridgehead atoms. The topological polar surface area (TPSA) is 84.1 Å². The van der Waals surface area contributed by atoms with Gasteiger partial charge in [0.05, 0.1) is 0 Å². The minimum absolute atomic E-state index is 0.231. The van der Waals surface area contributed by atoms with Crippen molar-refractivity contribution in [3.8, 4) is 0 Å². The van der Waals surface area contributed by atoms with Crippen molar-refractivity contribution in [1.29, 1.82) is 0 Å². The maximum Gasteiger partial charge on any atom is 0.135 e. The molecule has 0 saturated heterocycles. The molecule has 1 heterocycles. The van der Waals surface area contributed by atoms with E-state index in [0.717, 1.165) is 24.2 Å². The molecule has 1 saturated carbocycles. The Hall–Kier alpha value is -1.36. The molecule has 5 nitrogen and oxygen atoms in total. The highest BCUT2D eigenvalue weighted by Crippen LogP contribution is 2.31. The van der Waals surface area contributed by atoms with E-state index < -0.39 is 0 Å². The van der Waals surface area contributed by atoms with Gasteiger partial charge in [0, 0.05) is 24.1 Å². The summed E-state index contributed by atoms with van der Waals surface area (Å²) >= 11 is 0. The Balaban J connectivity index is 2.20. The largest absolute Gasteiger partial charge is 0.396 e. The first-order valence-corrected chi connectivity index (χ1v) is 7.11. The number of hydrogen-bond donors (Lipinski definition) is 3. The third kappa shape index (κ3) is 3.15. The Kier molecular flexibility index (Phi) is 4.58. The molecular formula is C14H24N4O. The molecule has 1 aromatic heterocycles. The van der Waals surface area contributed by atoms with Gasteiger partial charge in [-0.3, -0.25) is 0 Å². The molecule has 19 heavy (non-hydrogen) atoms. The van der Waals surface area contributed by atoms with Gasteiger partial charge >= 0.3 is 0 Å². The van der Waals surface area contributed by atoms with Crippen LogP contribution in [0.4, 0.5) is 11.6 Å². The number of aromatic nitrogens is 2. The minimum atomic E-state index is 0.231. The fourth-order valence-corrected chi connectivity index (χ4v) is 2.89. The van der Waals surface area contributed by atoms with Crippen LogP contribution in [0.2, 0.25) is 0 Å². The van der Waals surface area contributed by atoms with E-state index in [1.807, 2.05) is 0 Å². The molecule has 0 amide bonds. The number of nitrogens with one attached hydrogen (secondary N) is 1. The number of hydrogen-bond acceptors (Lipinski definition) is 5. The lowest BCUT2D eigenvalue weighted by Gasteiger charge is -2.32. The van der Waals surface area contributed by atoms with E-state index in [0.29, 0.717) is 11.7 Å². The zero-order chi connectivity index (χ0) is 13.8. The summed E-state index contributed by atoms with van der Waals surface area (Å²) in [6.07, 6.45) is 6.05. The van der Waals surface area contributed by atoms with Crippen LogP contribution in [0.25, 0.3) is 0 Å². The van der Waals surface area contributed by atoms with Crippen LogP contribution >= 0.6 is 0 Å². The van der Waals surface area contributed by atoms with Crippen molar-refractivity contribution in [2.45, 2.75) is 51.5 Å². The van der Waals surface area contributed by atoms with E-state index >= 15 is 0 Å². The van der Waals surface area contributed by atoms with Crippen LogP contribution in [0.5, 0.6) is 0 Å². The van der Waals surface area contributed by atoms with Crippen LogP contribution in [-0.2, 0) is 0 Å². The van der Waals surface area contributed by atoms with Crippen molar-refractivity contribution < 1.29 is 5.11 Å². The smallest absolute Gasteiger partial charge is 0.135 e. The van der Waals surface area contributed by atoms with Crippen molar-refractivity contribution >= 4 is 11.6 Å². The minimum Gasteiger partial charge on any atom is -0.396 e. The van der Waals surface area contributed by atoms with Crippen LogP contribution in [0.15, 0.2) is 6.33 Å². The Morgan fingerprint density at radius 1 is 1.37 bits per heavy atom. The second-order valence-corrected chi connectivity index (χ2v) is 5.65. The van der Waals surface area contributed by atoms with E-state index in [4.69, 9.17) is 5.73 Å². The Morgan fingerprint density at radius 2 is 2.11 bits per heavy atom. The summed E-state index contributed by atoms with van der Waals surface area (Å²) in [5.74, 6) is 1.96. The Bertz CT molecular complexity index is 422. The second-order valence-electron chi connectivity index (χ2n) is 5.65. The van der Waals surface area contributed by atoms with Gasteiger partial charge in [-0.05, 0) is 18.8 Å². The van der Waals surface area contributed by atoms with E-state index in [9.17, 15) is 5.11 Å². The third-order valence-electron chi connectivity index (χ3n) is 3.96. The van der Waals surface area contributed by atoms with E-state index in [-0.39, 0.29) is 18.6 Å². The lowest BCUT2D eigenvalue weighted by atomic mass is 9.85. The number of rotatable bonds is 4. The standard InChI is InChI=1S/C14H24N4O/c1-9(2)12-13(15)16-8-17-14(12)18-11-6-4-3-5-10(11)7-19/h8-11,19H,3-7H2,1-2H3,(H3,15,16,17,18). The average Bonchev–Trinajstić information content (AvgIpc) is 2.39. The predicted octanol–water partition coefficient (Wildman–Crippen LogP) is 2.15. The summed E-state index contributed by atoms with van der Waals surface area (Å²) in [4.78, 5) is 8.41. The molecule has 0 spiro atoms. The average molecular weight is 264 g/mol. The number of nitrogens with two attached hydrogens (primary N) is 1. The van der Waals surface area contributed by atoms with E-state index in [1.165, 1.54) is 19.2 Å². The molecule has 1 fully saturated rings. The van der Waals surface area contributed by atoms with Gasteiger partial charge < -0.3 is 16.2 Å². The summed E-state index contributed by atoms with van der Waals surface area (Å²) < 4.78 is 0. The van der Waals surface area contributed by atoms with Gasteiger partial charge in [-0.25, -0.2) is 9.97 Å². The van der Waals surface area contributed by atoms with E-state index in [1.54, 1.807) is 0 Å². The Labute approximate surface area is 114 Å². The molecule has 0 aromatic carbocycles. The number of anilines is 2.